The zero-order valence-corrected chi connectivity index (χ0v) is 24.0. The molecule has 4 aromatic rings. The molecule has 3 aromatic carbocycles. The third-order valence-corrected chi connectivity index (χ3v) is 7.90. The number of nitrogens with zero attached hydrogens (tertiary/aromatic N) is 4. The van der Waals surface area contributed by atoms with E-state index in [1.165, 1.54) is 6.07 Å². The highest BCUT2D eigenvalue weighted by Gasteiger charge is 2.34. The molecule has 5 nitrogen and oxygen atoms in total. The third kappa shape index (κ3) is 7.04. The number of alkyl halides is 3. The standard InChI is InChI=1S/C34H33F3N4O/c1-23-4-8-27(21-26(23)9-5-24-7-11-31-32(19-24)39-15-14-38-31)33(42)20-25-6-10-28(30(18-25)34(35,36)37)22-41-16-12-29(13-17-41)40(2)3/h4,6-8,10-11,14-15,18-19,21,29H,12-13,16-17,20,22H2,1-3H3. The number of fused-ring (bicyclic) bond motifs is 1. The fourth-order valence-electron chi connectivity index (χ4n) is 5.37. The number of rotatable bonds is 6. The molecule has 0 spiro atoms. The predicted molar refractivity (Wildman–Crippen MR) is 158 cm³/mol. The third-order valence-electron chi connectivity index (χ3n) is 7.90. The summed E-state index contributed by atoms with van der Waals surface area (Å²) in [6.07, 6.45) is 0.489. The van der Waals surface area contributed by atoms with Crippen LogP contribution in [0.25, 0.3) is 11.0 Å². The number of hydrogen-bond acceptors (Lipinski definition) is 5. The molecule has 216 valence electrons. The lowest BCUT2D eigenvalue weighted by atomic mass is 9.95. The molecular weight excluding hydrogens is 537 g/mol. The Morgan fingerprint density at radius 2 is 1.69 bits per heavy atom. The molecule has 0 saturated carbocycles. The number of piperidine rings is 1. The Morgan fingerprint density at radius 1 is 0.952 bits per heavy atom. The van der Waals surface area contributed by atoms with Crippen molar-refractivity contribution in [2.75, 3.05) is 27.2 Å². The van der Waals surface area contributed by atoms with Crippen LogP contribution in [0, 0.1) is 18.8 Å². The van der Waals surface area contributed by atoms with Gasteiger partial charge in [0, 0.05) is 48.1 Å². The summed E-state index contributed by atoms with van der Waals surface area (Å²) in [6, 6.07) is 15.6. The maximum absolute atomic E-state index is 14.1. The largest absolute Gasteiger partial charge is 0.416 e. The number of carbonyl (C=O) groups excluding carboxylic acids is 1. The first-order chi connectivity index (χ1) is 20.1. The molecule has 1 aromatic heterocycles. The van der Waals surface area contributed by atoms with Crippen molar-refractivity contribution in [3.8, 4) is 11.8 Å². The Balaban J connectivity index is 1.32. The predicted octanol–water partition coefficient (Wildman–Crippen LogP) is 6.31. The maximum atomic E-state index is 14.1. The number of halogens is 3. The second kappa shape index (κ2) is 12.4. The molecular formula is C34H33F3N4O. The van der Waals surface area contributed by atoms with Crippen molar-refractivity contribution in [2.45, 2.75) is 44.9 Å². The minimum Gasteiger partial charge on any atom is -0.306 e. The normalized spacial score (nSPS) is 14.6. The molecule has 1 aliphatic heterocycles. The summed E-state index contributed by atoms with van der Waals surface area (Å²) in [5.41, 5.74) is 4.20. The summed E-state index contributed by atoms with van der Waals surface area (Å²) in [5.74, 6) is 5.99. The van der Waals surface area contributed by atoms with Crippen molar-refractivity contribution >= 4 is 16.8 Å². The molecule has 5 rings (SSSR count). The lowest BCUT2D eigenvalue weighted by molar-refractivity contribution is -0.138. The van der Waals surface area contributed by atoms with E-state index in [0.29, 0.717) is 22.7 Å². The first kappa shape index (κ1) is 29.4. The summed E-state index contributed by atoms with van der Waals surface area (Å²) < 4.78 is 42.3. The van der Waals surface area contributed by atoms with Crippen LogP contribution in [0.5, 0.6) is 0 Å². The summed E-state index contributed by atoms with van der Waals surface area (Å²) in [5, 5.41) is 0. The number of hydrogen-bond donors (Lipinski definition) is 0. The monoisotopic (exact) mass is 570 g/mol. The smallest absolute Gasteiger partial charge is 0.306 e. The molecule has 42 heavy (non-hydrogen) atoms. The molecule has 0 aliphatic carbocycles. The number of benzene rings is 3. The van der Waals surface area contributed by atoms with Gasteiger partial charge in [-0.3, -0.25) is 19.7 Å². The SMILES string of the molecule is Cc1ccc(C(=O)Cc2ccc(CN3CCC(N(C)C)CC3)c(C(F)(F)F)c2)cc1C#Cc1ccc2nccnc2c1. The summed E-state index contributed by atoms with van der Waals surface area (Å²) in [4.78, 5) is 26.0. The Labute approximate surface area is 244 Å². The van der Waals surface area contributed by atoms with Gasteiger partial charge in [0.1, 0.15) is 0 Å². The van der Waals surface area contributed by atoms with Crippen LogP contribution in [-0.4, -0.2) is 58.8 Å². The minimum absolute atomic E-state index is 0.128. The van der Waals surface area contributed by atoms with Gasteiger partial charge in [-0.2, -0.15) is 13.2 Å². The Bertz CT molecular complexity index is 1660. The quantitative estimate of drug-likeness (QED) is 0.201. The van der Waals surface area contributed by atoms with Gasteiger partial charge in [-0.15, -0.1) is 0 Å². The fourth-order valence-corrected chi connectivity index (χ4v) is 5.37. The van der Waals surface area contributed by atoms with Crippen LogP contribution in [0.2, 0.25) is 0 Å². The van der Waals surface area contributed by atoms with Crippen LogP contribution in [0.15, 0.2) is 67.0 Å². The van der Waals surface area contributed by atoms with E-state index < -0.39 is 11.7 Å². The second-order valence-corrected chi connectivity index (χ2v) is 11.1. The number of aromatic nitrogens is 2. The summed E-state index contributed by atoms with van der Waals surface area (Å²) >= 11 is 0. The minimum atomic E-state index is -4.50. The highest BCUT2D eigenvalue weighted by molar-refractivity contribution is 5.98. The molecule has 0 bridgehead atoms. The molecule has 0 amide bonds. The van der Waals surface area contributed by atoms with Gasteiger partial charge in [0.2, 0.25) is 0 Å². The van der Waals surface area contributed by atoms with Crippen LogP contribution in [0.1, 0.15) is 56.6 Å². The van der Waals surface area contributed by atoms with E-state index in [0.717, 1.165) is 54.2 Å². The highest BCUT2D eigenvalue weighted by atomic mass is 19.4. The Kier molecular flexibility index (Phi) is 8.72. The topological polar surface area (TPSA) is 49.3 Å². The van der Waals surface area contributed by atoms with Crippen LogP contribution in [-0.2, 0) is 19.1 Å². The fraction of sp³-hybridized carbons (Fsp3) is 0.324. The van der Waals surface area contributed by atoms with E-state index in [-0.39, 0.29) is 24.3 Å². The first-order valence-corrected chi connectivity index (χ1v) is 14.0. The van der Waals surface area contributed by atoms with Gasteiger partial charge in [0.15, 0.2) is 5.78 Å². The van der Waals surface area contributed by atoms with Gasteiger partial charge in [0.05, 0.1) is 16.6 Å². The number of likely N-dealkylation sites (tertiary alicyclic amines) is 1. The van der Waals surface area contributed by atoms with Crippen molar-refractivity contribution in [1.82, 2.24) is 19.8 Å². The summed E-state index contributed by atoms with van der Waals surface area (Å²) in [6.45, 7) is 3.66. The second-order valence-electron chi connectivity index (χ2n) is 11.1. The zero-order valence-electron chi connectivity index (χ0n) is 24.0. The Hall–Kier alpha value is -4.06. The lowest BCUT2D eigenvalue weighted by Gasteiger charge is -2.35. The van der Waals surface area contributed by atoms with Gasteiger partial charge in [-0.25, -0.2) is 0 Å². The molecule has 1 aliphatic rings. The van der Waals surface area contributed by atoms with Crippen LogP contribution in [0.3, 0.4) is 0 Å². The van der Waals surface area contributed by atoms with E-state index in [1.54, 1.807) is 30.6 Å². The van der Waals surface area contributed by atoms with Crippen molar-refractivity contribution in [1.29, 1.82) is 0 Å². The first-order valence-electron chi connectivity index (χ1n) is 14.0. The van der Waals surface area contributed by atoms with Crippen molar-refractivity contribution in [2.24, 2.45) is 0 Å². The van der Waals surface area contributed by atoms with Gasteiger partial charge >= 0.3 is 6.18 Å². The van der Waals surface area contributed by atoms with Crippen molar-refractivity contribution in [3.63, 3.8) is 0 Å². The van der Waals surface area contributed by atoms with E-state index in [1.807, 2.05) is 45.3 Å². The van der Waals surface area contributed by atoms with Crippen LogP contribution >= 0.6 is 0 Å². The van der Waals surface area contributed by atoms with E-state index in [2.05, 4.69) is 31.6 Å². The molecule has 0 unspecified atom stereocenters. The average molecular weight is 571 g/mol. The van der Waals surface area contributed by atoms with E-state index in [4.69, 9.17) is 0 Å². The molecule has 8 heteroatoms. The Morgan fingerprint density at radius 3 is 2.40 bits per heavy atom. The van der Waals surface area contributed by atoms with E-state index >= 15 is 0 Å². The van der Waals surface area contributed by atoms with E-state index in [9.17, 15) is 18.0 Å². The molecule has 2 heterocycles. The zero-order chi connectivity index (χ0) is 29.9. The number of carbonyl (C=O) groups is 1. The number of ketones is 1. The molecule has 0 radical (unpaired) electrons. The average Bonchev–Trinajstić information content (AvgIpc) is 2.97. The van der Waals surface area contributed by atoms with Gasteiger partial charge < -0.3 is 4.90 Å². The molecule has 1 fully saturated rings. The van der Waals surface area contributed by atoms with Gasteiger partial charge in [-0.1, -0.05) is 36.1 Å². The highest BCUT2D eigenvalue weighted by Crippen LogP contribution is 2.34. The van der Waals surface area contributed by atoms with Crippen molar-refractivity contribution in [3.05, 3.63) is 106 Å². The van der Waals surface area contributed by atoms with Crippen molar-refractivity contribution < 1.29 is 18.0 Å². The molecule has 0 atom stereocenters. The number of aryl methyl sites for hydroxylation is 1. The molecule has 1 saturated heterocycles. The number of Topliss-reactive ketones (excluding diaryl/α,β-unsaturated/α-hetero) is 1. The summed E-state index contributed by atoms with van der Waals surface area (Å²) in [7, 11) is 4.07. The molecule has 0 N–H and O–H groups in total. The van der Waals surface area contributed by atoms with Gasteiger partial charge in [-0.05, 0) is 94.0 Å². The maximum Gasteiger partial charge on any atom is 0.416 e. The van der Waals surface area contributed by atoms with Crippen LogP contribution < -0.4 is 0 Å². The lowest BCUT2D eigenvalue weighted by Crippen LogP contribution is -2.41. The van der Waals surface area contributed by atoms with Crippen LogP contribution in [0.4, 0.5) is 13.2 Å². The van der Waals surface area contributed by atoms with Gasteiger partial charge in [0.25, 0.3) is 0 Å².